The molecule has 0 spiro atoms. The third-order valence-corrected chi connectivity index (χ3v) is 8.47. The number of anilines is 5. The van der Waals surface area contributed by atoms with Crippen molar-refractivity contribution in [1.29, 1.82) is 0 Å². The first-order valence-electron chi connectivity index (χ1n) is 15.7. The largest absolute Gasteiger partial charge is 0.453 e. The van der Waals surface area contributed by atoms with Crippen LogP contribution in [0.15, 0.2) is 171 Å². The topological polar surface area (TPSA) is 49.9 Å². The molecule has 0 N–H and O–H groups in total. The van der Waals surface area contributed by atoms with E-state index in [9.17, 15) is 9.59 Å². The summed E-state index contributed by atoms with van der Waals surface area (Å²) in [6.07, 6.45) is 1.71. The molecule has 0 atom stereocenters. The zero-order valence-electron chi connectivity index (χ0n) is 26.5. The Bertz CT molecular complexity index is 2150. The Morgan fingerprint density at radius 3 is 1.71 bits per heavy atom. The summed E-state index contributed by atoms with van der Waals surface area (Å²) in [6.45, 7) is 10.1. The molecule has 0 aromatic heterocycles. The molecular formula is C43H32N2O3. The van der Waals surface area contributed by atoms with Gasteiger partial charge < -0.3 is 14.5 Å². The third-order valence-electron chi connectivity index (χ3n) is 8.47. The predicted molar refractivity (Wildman–Crippen MR) is 194 cm³/mol. The summed E-state index contributed by atoms with van der Waals surface area (Å²) in [5, 5.41) is 0. The maximum atomic E-state index is 13.6. The lowest BCUT2D eigenvalue weighted by atomic mass is 9.97. The van der Waals surface area contributed by atoms with Crippen molar-refractivity contribution in [2.24, 2.45) is 0 Å². The number of carbonyl (C=O) groups excluding carboxylic acids is 2. The second kappa shape index (κ2) is 12.7. The molecule has 1 heterocycles. The van der Waals surface area contributed by atoms with Crippen LogP contribution in [-0.2, 0) is 0 Å². The SMILES string of the molecule is C=CC(=C)N(c1ccc(C(=O)c2cccc(C(=O)c3ccc(N4c5ccccc5Oc5ccccc54)cc3)c2)cc1)c1ccccc1C. The number of nitrogens with zero attached hydrogens (tertiary/aromatic N) is 2. The lowest BCUT2D eigenvalue weighted by molar-refractivity contribution is 0.103. The molecule has 7 rings (SSSR count). The van der Waals surface area contributed by atoms with E-state index >= 15 is 0 Å². The normalized spacial score (nSPS) is 11.5. The number of fused-ring (bicyclic) bond motifs is 2. The Morgan fingerprint density at radius 1 is 0.625 bits per heavy atom. The van der Waals surface area contributed by atoms with Gasteiger partial charge in [-0.1, -0.05) is 73.8 Å². The molecule has 1 aliphatic rings. The molecule has 0 unspecified atom stereocenters. The summed E-state index contributed by atoms with van der Waals surface area (Å²) in [4.78, 5) is 31.4. The van der Waals surface area contributed by atoms with E-state index in [1.54, 1.807) is 42.5 Å². The molecule has 48 heavy (non-hydrogen) atoms. The van der Waals surface area contributed by atoms with Crippen LogP contribution in [0.1, 0.15) is 37.4 Å². The van der Waals surface area contributed by atoms with Crippen LogP contribution in [0.4, 0.5) is 28.4 Å². The monoisotopic (exact) mass is 624 g/mol. The molecular weight excluding hydrogens is 592 g/mol. The number of para-hydroxylation sites is 5. The standard InChI is InChI=1S/C43H32N2O3/c1-4-30(3)44(37-15-6-5-12-29(37)2)35-24-20-31(21-25-35)42(46)33-13-11-14-34(28-33)43(47)32-22-26-36(27-23-32)45-38-16-7-9-18-40(38)48-41-19-10-8-17-39(41)45/h4-28H,1,3H2,2H3. The lowest BCUT2D eigenvalue weighted by Gasteiger charge is -2.32. The van der Waals surface area contributed by atoms with E-state index in [2.05, 4.69) is 18.1 Å². The number of ketones is 2. The van der Waals surface area contributed by atoms with Gasteiger partial charge in [0.05, 0.1) is 11.4 Å². The van der Waals surface area contributed by atoms with Crippen LogP contribution in [0.2, 0.25) is 0 Å². The van der Waals surface area contributed by atoms with E-state index in [0.29, 0.717) is 22.3 Å². The predicted octanol–water partition coefficient (Wildman–Crippen LogP) is 10.9. The molecule has 232 valence electrons. The van der Waals surface area contributed by atoms with Crippen LogP contribution in [0.3, 0.4) is 0 Å². The van der Waals surface area contributed by atoms with Crippen molar-refractivity contribution < 1.29 is 14.3 Å². The summed E-state index contributed by atoms with van der Waals surface area (Å²) in [5.74, 6) is 1.20. The van der Waals surface area contributed by atoms with Gasteiger partial charge in [0.15, 0.2) is 23.1 Å². The van der Waals surface area contributed by atoms with E-state index in [4.69, 9.17) is 4.74 Å². The van der Waals surface area contributed by atoms with Gasteiger partial charge >= 0.3 is 0 Å². The highest BCUT2D eigenvalue weighted by Gasteiger charge is 2.25. The van der Waals surface area contributed by atoms with E-state index in [0.717, 1.165) is 51.2 Å². The maximum Gasteiger partial charge on any atom is 0.193 e. The Hall–Kier alpha value is -6.46. The number of carbonyl (C=O) groups is 2. The number of rotatable bonds is 9. The number of allylic oxidation sites excluding steroid dienone is 1. The van der Waals surface area contributed by atoms with Crippen molar-refractivity contribution in [2.45, 2.75) is 6.92 Å². The number of benzene rings is 6. The smallest absolute Gasteiger partial charge is 0.193 e. The average molecular weight is 625 g/mol. The molecule has 0 amide bonds. The van der Waals surface area contributed by atoms with Crippen molar-refractivity contribution >= 4 is 40.0 Å². The van der Waals surface area contributed by atoms with E-state index < -0.39 is 0 Å². The molecule has 6 aromatic carbocycles. The summed E-state index contributed by atoms with van der Waals surface area (Å²) in [7, 11) is 0. The van der Waals surface area contributed by atoms with Gasteiger partial charge in [-0.25, -0.2) is 0 Å². The van der Waals surface area contributed by atoms with Crippen LogP contribution in [0.5, 0.6) is 11.5 Å². The quantitative estimate of drug-likeness (QED) is 0.118. The van der Waals surface area contributed by atoms with Gasteiger partial charge in [0.2, 0.25) is 0 Å². The first kappa shape index (κ1) is 30.2. The average Bonchev–Trinajstić information content (AvgIpc) is 3.14. The summed E-state index contributed by atoms with van der Waals surface area (Å²) >= 11 is 0. The first-order valence-corrected chi connectivity index (χ1v) is 15.7. The zero-order valence-corrected chi connectivity index (χ0v) is 26.5. The molecule has 5 heteroatoms. The highest BCUT2D eigenvalue weighted by atomic mass is 16.5. The Labute approximate surface area is 280 Å². The van der Waals surface area contributed by atoms with Gasteiger partial charge in [0.25, 0.3) is 0 Å². The van der Waals surface area contributed by atoms with Gasteiger partial charge in [-0.05, 0) is 103 Å². The van der Waals surface area contributed by atoms with Crippen LogP contribution in [-0.4, -0.2) is 11.6 Å². The van der Waals surface area contributed by atoms with Crippen LogP contribution < -0.4 is 14.5 Å². The molecule has 0 fully saturated rings. The van der Waals surface area contributed by atoms with Gasteiger partial charge in [-0.15, -0.1) is 0 Å². The Morgan fingerprint density at radius 2 is 1.15 bits per heavy atom. The van der Waals surface area contributed by atoms with Crippen LogP contribution >= 0.6 is 0 Å². The van der Waals surface area contributed by atoms with Gasteiger partial charge in [0.1, 0.15) is 0 Å². The molecule has 0 bridgehead atoms. The fourth-order valence-corrected chi connectivity index (χ4v) is 6.01. The summed E-state index contributed by atoms with van der Waals surface area (Å²) in [6, 6.07) is 45.6. The zero-order chi connectivity index (χ0) is 33.2. The number of hydrogen-bond acceptors (Lipinski definition) is 5. The second-order valence-electron chi connectivity index (χ2n) is 11.5. The highest BCUT2D eigenvalue weighted by molar-refractivity contribution is 6.13. The van der Waals surface area contributed by atoms with Gasteiger partial charge in [0, 0.05) is 45.0 Å². The third kappa shape index (κ3) is 5.59. The van der Waals surface area contributed by atoms with Crippen molar-refractivity contribution in [1.82, 2.24) is 0 Å². The molecule has 0 aliphatic carbocycles. The van der Waals surface area contributed by atoms with Crippen molar-refractivity contribution in [3.05, 3.63) is 198 Å². The molecule has 5 nitrogen and oxygen atoms in total. The van der Waals surface area contributed by atoms with Gasteiger partial charge in [-0.2, -0.15) is 0 Å². The fraction of sp³-hybridized carbons (Fsp3) is 0.0233. The van der Waals surface area contributed by atoms with Gasteiger partial charge in [-0.3, -0.25) is 9.59 Å². The minimum absolute atomic E-state index is 0.161. The van der Waals surface area contributed by atoms with Crippen molar-refractivity contribution in [3.8, 4) is 11.5 Å². The van der Waals surface area contributed by atoms with Crippen molar-refractivity contribution in [3.63, 3.8) is 0 Å². The number of ether oxygens (including phenoxy) is 1. The number of hydrogen-bond donors (Lipinski definition) is 0. The van der Waals surface area contributed by atoms with E-state index in [-0.39, 0.29) is 11.6 Å². The molecule has 1 aliphatic heterocycles. The summed E-state index contributed by atoms with van der Waals surface area (Å²) < 4.78 is 6.13. The minimum atomic E-state index is -0.166. The Kier molecular flexibility index (Phi) is 8.02. The highest BCUT2D eigenvalue weighted by Crippen LogP contribution is 2.50. The molecule has 6 aromatic rings. The maximum absolute atomic E-state index is 13.6. The number of aryl methyl sites for hydroxylation is 1. The van der Waals surface area contributed by atoms with Crippen LogP contribution in [0.25, 0.3) is 0 Å². The van der Waals surface area contributed by atoms with E-state index in [1.165, 1.54) is 0 Å². The summed E-state index contributed by atoms with van der Waals surface area (Å²) in [5.41, 5.74) is 8.34. The van der Waals surface area contributed by atoms with Crippen molar-refractivity contribution in [2.75, 3.05) is 9.80 Å². The molecule has 0 radical (unpaired) electrons. The minimum Gasteiger partial charge on any atom is -0.453 e. The van der Waals surface area contributed by atoms with Crippen LogP contribution in [0, 0.1) is 6.92 Å². The van der Waals surface area contributed by atoms with E-state index in [1.807, 2.05) is 121 Å². The fourth-order valence-electron chi connectivity index (χ4n) is 6.01. The Balaban J connectivity index is 1.12. The second-order valence-corrected chi connectivity index (χ2v) is 11.5. The molecule has 0 saturated carbocycles. The molecule has 0 saturated heterocycles. The first-order chi connectivity index (χ1) is 23.4. The lowest BCUT2D eigenvalue weighted by Crippen LogP contribution is -2.15.